The lowest BCUT2D eigenvalue weighted by molar-refractivity contribution is 0.300. The van der Waals surface area contributed by atoms with Crippen LogP contribution in [0.5, 0.6) is 5.75 Å². The van der Waals surface area contributed by atoms with Gasteiger partial charge in [-0.25, -0.2) is 9.97 Å². The predicted octanol–water partition coefficient (Wildman–Crippen LogP) is 5.15. The number of aromatic nitrogens is 2. The molecule has 1 aliphatic heterocycles. The Morgan fingerprint density at radius 3 is 2.21 bits per heavy atom. The van der Waals surface area contributed by atoms with E-state index in [1.54, 1.807) is 0 Å². The summed E-state index contributed by atoms with van der Waals surface area (Å²) in [5.74, 6) is 2.38. The molecule has 150 valence electrons. The summed E-state index contributed by atoms with van der Waals surface area (Å²) in [6.07, 6.45) is 1.82. The minimum Gasteiger partial charge on any atom is -0.487 e. The van der Waals surface area contributed by atoms with Crippen molar-refractivity contribution in [3.63, 3.8) is 0 Å². The lowest BCUT2D eigenvalue weighted by atomic mass is 9.78. The summed E-state index contributed by atoms with van der Waals surface area (Å²) >= 11 is 0. The van der Waals surface area contributed by atoms with Gasteiger partial charge in [-0.1, -0.05) is 62.7 Å². The average molecular weight is 388 g/mol. The van der Waals surface area contributed by atoms with E-state index in [2.05, 4.69) is 79.0 Å². The molecule has 1 saturated heterocycles. The van der Waals surface area contributed by atoms with Gasteiger partial charge in [0.25, 0.3) is 0 Å². The molecule has 29 heavy (non-hydrogen) atoms. The normalized spacial score (nSPS) is 14.6. The quantitative estimate of drug-likeness (QED) is 0.586. The minimum absolute atomic E-state index is 0.0534. The van der Waals surface area contributed by atoms with E-state index in [0.29, 0.717) is 6.61 Å². The Bertz CT molecular complexity index is 958. The number of rotatable bonds is 6. The van der Waals surface area contributed by atoms with E-state index in [4.69, 9.17) is 4.74 Å². The maximum absolute atomic E-state index is 5.98. The van der Waals surface area contributed by atoms with Crippen LogP contribution in [0.15, 0.2) is 60.8 Å². The van der Waals surface area contributed by atoms with Gasteiger partial charge in [0.05, 0.1) is 5.69 Å². The fraction of sp³-hybridized carbons (Fsp3) is 0.360. The van der Waals surface area contributed by atoms with Gasteiger partial charge < -0.3 is 9.64 Å². The van der Waals surface area contributed by atoms with Crippen molar-refractivity contribution in [1.82, 2.24) is 9.97 Å². The molecule has 2 aromatic carbocycles. The third-order valence-electron chi connectivity index (χ3n) is 5.78. The molecule has 1 aromatic heterocycles. The zero-order valence-corrected chi connectivity index (χ0v) is 17.7. The van der Waals surface area contributed by atoms with Crippen LogP contribution < -0.4 is 9.64 Å². The van der Waals surface area contributed by atoms with E-state index in [9.17, 15) is 0 Å². The van der Waals surface area contributed by atoms with Crippen LogP contribution in [0.3, 0.4) is 0 Å². The smallest absolute Gasteiger partial charge is 0.225 e. The largest absolute Gasteiger partial charge is 0.487 e. The fourth-order valence-electron chi connectivity index (χ4n) is 3.74. The van der Waals surface area contributed by atoms with Crippen molar-refractivity contribution in [1.29, 1.82) is 0 Å². The minimum atomic E-state index is -0.0534. The summed E-state index contributed by atoms with van der Waals surface area (Å²) in [6, 6.07) is 19.1. The molecule has 0 N–H and O–H groups in total. The molecule has 0 spiro atoms. The zero-order valence-electron chi connectivity index (χ0n) is 17.7. The average Bonchev–Trinajstić information content (AvgIpc) is 2.71. The van der Waals surface area contributed by atoms with Crippen LogP contribution >= 0.6 is 0 Å². The molecule has 0 saturated carbocycles. The Morgan fingerprint density at radius 2 is 1.59 bits per heavy atom. The molecular weight excluding hydrogens is 358 g/mol. The Labute approximate surface area is 173 Å². The molecule has 0 atom stereocenters. The summed E-state index contributed by atoms with van der Waals surface area (Å²) in [6.45, 7) is 11.4. The van der Waals surface area contributed by atoms with Crippen molar-refractivity contribution in [2.45, 2.75) is 39.7 Å². The first kappa shape index (κ1) is 19.4. The van der Waals surface area contributed by atoms with Crippen LogP contribution in [-0.2, 0) is 12.0 Å². The van der Waals surface area contributed by atoms with Gasteiger partial charge in [0.1, 0.15) is 12.4 Å². The van der Waals surface area contributed by atoms with Gasteiger partial charge in [0.2, 0.25) is 5.95 Å². The third kappa shape index (κ3) is 4.26. The third-order valence-corrected chi connectivity index (χ3v) is 5.78. The van der Waals surface area contributed by atoms with E-state index in [1.165, 1.54) is 16.7 Å². The van der Waals surface area contributed by atoms with Crippen molar-refractivity contribution in [3.8, 4) is 5.75 Å². The first-order valence-corrected chi connectivity index (χ1v) is 10.3. The topological polar surface area (TPSA) is 38.2 Å². The number of benzene rings is 2. The molecular formula is C25H29N3O. The second-order valence-corrected chi connectivity index (χ2v) is 8.66. The van der Waals surface area contributed by atoms with Gasteiger partial charge in [0.15, 0.2) is 0 Å². The van der Waals surface area contributed by atoms with Crippen molar-refractivity contribution in [2.24, 2.45) is 5.92 Å². The van der Waals surface area contributed by atoms with E-state index in [0.717, 1.165) is 36.4 Å². The van der Waals surface area contributed by atoms with Crippen molar-refractivity contribution < 1.29 is 4.74 Å². The number of hydrogen-bond acceptors (Lipinski definition) is 4. The molecule has 0 bridgehead atoms. The molecule has 4 rings (SSSR count). The highest BCUT2D eigenvalue weighted by Crippen LogP contribution is 2.32. The van der Waals surface area contributed by atoms with Crippen molar-refractivity contribution in [2.75, 3.05) is 18.0 Å². The monoisotopic (exact) mass is 387 g/mol. The maximum Gasteiger partial charge on any atom is 0.225 e. The number of ether oxygens (including phenoxy) is 1. The van der Waals surface area contributed by atoms with Crippen LogP contribution in [0.25, 0.3) is 0 Å². The van der Waals surface area contributed by atoms with Gasteiger partial charge in [-0.2, -0.15) is 0 Å². The second kappa shape index (κ2) is 7.86. The molecule has 0 amide bonds. The first-order valence-electron chi connectivity index (χ1n) is 10.3. The summed E-state index contributed by atoms with van der Waals surface area (Å²) < 4.78 is 5.98. The molecule has 2 heterocycles. The second-order valence-electron chi connectivity index (χ2n) is 8.66. The molecule has 1 aliphatic rings. The Kier molecular flexibility index (Phi) is 5.27. The number of nitrogens with zero attached hydrogens (tertiary/aromatic N) is 3. The van der Waals surface area contributed by atoms with Crippen LogP contribution in [0, 0.1) is 12.8 Å². The SMILES string of the molecule is Cc1ccc(C(C)(C)c2ccc(OCc3ccnc(N4CC(C)C4)n3)cc2)cc1. The van der Waals surface area contributed by atoms with E-state index in [1.807, 2.05) is 24.4 Å². The van der Waals surface area contributed by atoms with Crippen LogP contribution in [0.1, 0.15) is 43.2 Å². The summed E-state index contributed by atoms with van der Waals surface area (Å²) in [5, 5.41) is 0. The van der Waals surface area contributed by atoms with Crippen LogP contribution in [-0.4, -0.2) is 23.1 Å². The van der Waals surface area contributed by atoms with Crippen molar-refractivity contribution >= 4 is 5.95 Å². The van der Waals surface area contributed by atoms with Crippen LogP contribution in [0.4, 0.5) is 5.95 Å². The zero-order chi connectivity index (χ0) is 20.4. The standard InChI is InChI=1S/C25H29N3O/c1-18-5-7-20(8-6-18)25(3,4)21-9-11-23(12-10-21)29-17-22-13-14-26-24(27-22)28-15-19(2)16-28/h5-14,19H,15-17H2,1-4H3. The predicted molar refractivity (Wildman–Crippen MR) is 117 cm³/mol. The number of aryl methyl sites for hydroxylation is 1. The van der Waals surface area contributed by atoms with Gasteiger partial charge in [0, 0.05) is 24.7 Å². The molecule has 0 unspecified atom stereocenters. The lowest BCUT2D eigenvalue weighted by Crippen LogP contribution is -2.46. The first-order chi connectivity index (χ1) is 13.9. The summed E-state index contributed by atoms with van der Waals surface area (Å²) in [7, 11) is 0. The summed E-state index contributed by atoms with van der Waals surface area (Å²) in [4.78, 5) is 11.2. The molecule has 0 aliphatic carbocycles. The van der Waals surface area contributed by atoms with Gasteiger partial charge in [-0.05, 0) is 42.2 Å². The highest BCUT2D eigenvalue weighted by molar-refractivity contribution is 5.41. The number of anilines is 1. The van der Waals surface area contributed by atoms with E-state index in [-0.39, 0.29) is 5.41 Å². The van der Waals surface area contributed by atoms with E-state index >= 15 is 0 Å². The van der Waals surface area contributed by atoms with Gasteiger partial charge in [-0.3, -0.25) is 0 Å². The molecule has 4 heteroatoms. The molecule has 1 fully saturated rings. The highest BCUT2D eigenvalue weighted by atomic mass is 16.5. The molecule has 0 radical (unpaired) electrons. The molecule has 4 nitrogen and oxygen atoms in total. The number of hydrogen-bond donors (Lipinski definition) is 0. The van der Waals surface area contributed by atoms with Crippen LogP contribution in [0.2, 0.25) is 0 Å². The Balaban J connectivity index is 1.41. The van der Waals surface area contributed by atoms with E-state index < -0.39 is 0 Å². The van der Waals surface area contributed by atoms with Gasteiger partial charge >= 0.3 is 0 Å². The molecule has 3 aromatic rings. The van der Waals surface area contributed by atoms with Gasteiger partial charge in [-0.15, -0.1) is 0 Å². The Hall–Kier alpha value is -2.88. The highest BCUT2D eigenvalue weighted by Gasteiger charge is 2.25. The van der Waals surface area contributed by atoms with Crippen molar-refractivity contribution in [3.05, 3.63) is 83.2 Å². The fourth-order valence-corrected chi connectivity index (χ4v) is 3.74. The maximum atomic E-state index is 5.98. The Morgan fingerprint density at radius 1 is 0.966 bits per heavy atom. The lowest BCUT2D eigenvalue weighted by Gasteiger charge is -2.37. The summed E-state index contributed by atoms with van der Waals surface area (Å²) in [5.41, 5.74) is 4.71.